The minimum Gasteiger partial charge on any atom is -0.445 e. The van der Waals surface area contributed by atoms with Gasteiger partial charge in [0.15, 0.2) is 0 Å². The molecule has 234 valence electrons. The summed E-state index contributed by atoms with van der Waals surface area (Å²) in [5.41, 5.74) is 7.42. The summed E-state index contributed by atoms with van der Waals surface area (Å²) >= 11 is 0. The Morgan fingerprint density at radius 3 is 2.05 bits per heavy atom. The molecule has 0 radical (unpaired) electrons. The normalized spacial score (nSPS) is 13.1. The number of ether oxygens (including phenoxy) is 1. The SMILES string of the molecule is CC(C)(C)NC(=O)c1ccccc1NCC(O)[C@H](Cc1ccccc1)NC(=O)[C@H](CC(N)=O)NC(=O)OCc1ccccc1. The lowest BCUT2D eigenvalue weighted by molar-refractivity contribution is -0.128. The molecule has 3 aromatic carbocycles. The number of aliphatic hydroxyl groups is 1. The minimum atomic E-state index is -1.34. The van der Waals surface area contributed by atoms with Crippen molar-refractivity contribution in [1.29, 1.82) is 0 Å². The van der Waals surface area contributed by atoms with E-state index in [-0.39, 0.29) is 25.5 Å². The van der Waals surface area contributed by atoms with E-state index < -0.39 is 48.1 Å². The number of benzene rings is 3. The van der Waals surface area contributed by atoms with Gasteiger partial charge < -0.3 is 36.8 Å². The van der Waals surface area contributed by atoms with E-state index in [0.717, 1.165) is 11.1 Å². The molecule has 0 aromatic heterocycles. The van der Waals surface area contributed by atoms with Crippen LogP contribution in [0.2, 0.25) is 0 Å². The van der Waals surface area contributed by atoms with Crippen LogP contribution in [0.4, 0.5) is 10.5 Å². The molecule has 0 saturated heterocycles. The summed E-state index contributed by atoms with van der Waals surface area (Å²) in [7, 11) is 0. The van der Waals surface area contributed by atoms with Gasteiger partial charge in [0.05, 0.1) is 24.1 Å². The maximum atomic E-state index is 13.4. The number of hydrogen-bond acceptors (Lipinski definition) is 7. The average Bonchev–Trinajstić information content (AvgIpc) is 2.98. The molecule has 1 unspecified atom stereocenters. The van der Waals surface area contributed by atoms with Gasteiger partial charge in [0.25, 0.3) is 5.91 Å². The summed E-state index contributed by atoms with van der Waals surface area (Å²) in [6.07, 6.45) is -2.28. The van der Waals surface area contributed by atoms with Gasteiger partial charge in [-0.15, -0.1) is 0 Å². The molecule has 0 heterocycles. The van der Waals surface area contributed by atoms with Crippen molar-refractivity contribution in [3.8, 4) is 0 Å². The molecule has 0 fully saturated rings. The van der Waals surface area contributed by atoms with Crippen LogP contribution in [-0.2, 0) is 27.4 Å². The van der Waals surface area contributed by atoms with Crippen LogP contribution in [-0.4, -0.2) is 59.2 Å². The molecule has 3 rings (SSSR count). The highest BCUT2D eigenvalue weighted by molar-refractivity contribution is 6.00. The van der Waals surface area contributed by atoms with Crippen molar-refractivity contribution in [3.63, 3.8) is 0 Å². The molecule has 11 heteroatoms. The number of anilines is 1. The third kappa shape index (κ3) is 11.4. The van der Waals surface area contributed by atoms with E-state index in [1.807, 2.05) is 57.2 Å². The highest BCUT2D eigenvalue weighted by Crippen LogP contribution is 2.17. The van der Waals surface area contributed by atoms with Crippen LogP contribution in [0.5, 0.6) is 0 Å². The average molecular weight is 604 g/mol. The van der Waals surface area contributed by atoms with Gasteiger partial charge in [0, 0.05) is 17.8 Å². The number of amides is 4. The van der Waals surface area contributed by atoms with Gasteiger partial charge >= 0.3 is 6.09 Å². The van der Waals surface area contributed by atoms with Gasteiger partial charge in [0.2, 0.25) is 11.8 Å². The van der Waals surface area contributed by atoms with Crippen LogP contribution in [0.25, 0.3) is 0 Å². The van der Waals surface area contributed by atoms with E-state index in [0.29, 0.717) is 11.3 Å². The Hall–Kier alpha value is -4.90. The second-order valence-electron chi connectivity index (χ2n) is 11.4. The second-order valence-corrected chi connectivity index (χ2v) is 11.4. The predicted octanol–water partition coefficient (Wildman–Crippen LogP) is 2.89. The van der Waals surface area contributed by atoms with Crippen molar-refractivity contribution >= 4 is 29.5 Å². The Morgan fingerprint density at radius 2 is 1.43 bits per heavy atom. The van der Waals surface area contributed by atoms with Crippen LogP contribution in [0, 0.1) is 0 Å². The molecule has 3 atom stereocenters. The fourth-order valence-electron chi connectivity index (χ4n) is 4.35. The maximum absolute atomic E-state index is 13.4. The van der Waals surface area contributed by atoms with E-state index in [4.69, 9.17) is 10.5 Å². The fourth-order valence-corrected chi connectivity index (χ4v) is 4.35. The Kier molecular flexibility index (Phi) is 12.3. The predicted molar refractivity (Wildman–Crippen MR) is 168 cm³/mol. The van der Waals surface area contributed by atoms with E-state index in [1.165, 1.54) is 0 Å². The van der Waals surface area contributed by atoms with Crippen molar-refractivity contribution in [2.24, 2.45) is 5.73 Å². The molecule has 0 bridgehead atoms. The van der Waals surface area contributed by atoms with E-state index in [1.54, 1.807) is 48.5 Å². The number of nitrogens with one attached hydrogen (secondary N) is 4. The fraction of sp³-hybridized carbons (Fsp3) is 0.333. The number of aliphatic hydroxyl groups excluding tert-OH is 1. The third-order valence-electron chi connectivity index (χ3n) is 6.48. The Bertz CT molecular complexity index is 1390. The lowest BCUT2D eigenvalue weighted by Crippen LogP contribution is -2.55. The zero-order chi connectivity index (χ0) is 32.1. The topological polar surface area (TPSA) is 172 Å². The summed E-state index contributed by atoms with van der Waals surface area (Å²) in [5.74, 6) is -1.80. The standard InChI is InChI=1S/C33H41N5O6/c1-33(2,3)38-30(41)24-16-10-11-17-25(24)35-20-28(39)26(18-22-12-6-4-7-13-22)36-31(42)27(19-29(34)40)37-32(43)44-21-23-14-8-5-9-15-23/h4-17,26-28,35,39H,18-21H2,1-3H3,(H2,34,40)(H,36,42)(H,37,43)(H,38,41)/t26-,27-,28?/m0/s1. The lowest BCUT2D eigenvalue weighted by atomic mass is 10.00. The summed E-state index contributed by atoms with van der Waals surface area (Å²) in [5, 5.41) is 22.5. The van der Waals surface area contributed by atoms with Crippen molar-refractivity contribution in [2.45, 2.75) is 63.9 Å². The van der Waals surface area contributed by atoms with Gasteiger partial charge in [-0.05, 0) is 50.5 Å². The maximum Gasteiger partial charge on any atom is 0.408 e. The summed E-state index contributed by atoms with van der Waals surface area (Å²) < 4.78 is 5.21. The van der Waals surface area contributed by atoms with Gasteiger partial charge in [-0.25, -0.2) is 4.79 Å². The first-order valence-electron chi connectivity index (χ1n) is 14.3. The zero-order valence-electron chi connectivity index (χ0n) is 25.2. The smallest absolute Gasteiger partial charge is 0.408 e. The van der Waals surface area contributed by atoms with Crippen LogP contribution in [0.1, 0.15) is 48.7 Å². The molecule has 7 N–H and O–H groups in total. The quantitative estimate of drug-likeness (QED) is 0.164. The second kappa shape index (κ2) is 16.1. The first-order valence-corrected chi connectivity index (χ1v) is 14.3. The zero-order valence-corrected chi connectivity index (χ0v) is 25.2. The summed E-state index contributed by atoms with van der Waals surface area (Å²) in [6.45, 7) is 5.58. The number of carbonyl (C=O) groups excluding carboxylic acids is 4. The molecule has 0 spiro atoms. The van der Waals surface area contributed by atoms with Gasteiger partial charge in [-0.3, -0.25) is 14.4 Å². The molecule has 0 aliphatic carbocycles. The van der Waals surface area contributed by atoms with Crippen molar-refractivity contribution < 1.29 is 29.0 Å². The molecule has 0 aliphatic heterocycles. The van der Waals surface area contributed by atoms with Crippen LogP contribution in [0.3, 0.4) is 0 Å². The highest BCUT2D eigenvalue weighted by Gasteiger charge is 2.29. The Balaban J connectivity index is 1.73. The van der Waals surface area contributed by atoms with E-state index in [2.05, 4.69) is 21.3 Å². The van der Waals surface area contributed by atoms with Gasteiger partial charge in [-0.2, -0.15) is 0 Å². The molecule has 3 aromatic rings. The molecular formula is C33H41N5O6. The monoisotopic (exact) mass is 603 g/mol. The Labute approximate surface area is 257 Å². The lowest BCUT2D eigenvalue weighted by Gasteiger charge is -2.28. The van der Waals surface area contributed by atoms with Crippen LogP contribution >= 0.6 is 0 Å². The first-order chi connectivity index (χ1) is 20.9. The van der Waals surface area contributed by atoms with E-state index >= 15 is 0 Å². The van der Waals surface area contributed by atoms with Crippen molar-refractivity contribution in [1.82, 2.24) is 16.0 Å². The third-order valence-corrected chi connectivity index (χ3v) is 6.48. The Morgan fingerprint density at radius 1 is 0.841 bits per heavy atom. The minimum absolute atomic E-state index is 0.0232. The molecule has 4 amide bonds. The van der Waals surface area contributed by atoms with Crippen molar-refractivity contribution in [3.05, 3.63) is 102 Å². The number of alkyl carbamates (subject to hydrolysis) is 1. The van der Waals surface area contributed by atoms with Crippen LogP contribution < -0.4 is 27.0 Å². The number of nitrogens with two attached hydrogens (primary N) is 1. The van der Waals surface area contributed by atoms with Crippen molar-refractivity contribution in [2.75, 3.05) is 11.9 Å². The molecule has 44 heavy (non-hydrogen) atoms. The van der Waals surface area contributed by atoms with Gasteiger partial charge in [-0.1, -0.05) is 72.8 Å². The summed E-state index contributed by atoms with van der Waals surface area (Å²) in [4.78, 5) is 50.5. The number of carbonyl (C=O) groups is 4. The van der Waals surface area contributed by atoms with E-state index in [9.17, 15) is 24.3 Å². The van der Waals surface area contributed by atoms with Gasteiger partial charge in [0.1, 0.15) is 12.6 Å². The largest absolute Gasteiger partial charge is 0.445 e. The first kappa shape index (κ1) is 33.6. The number of rotatable bonds is 14. The highest BCUT2D eigenvalue weighted by atomic mass is 16.5. The number of primary amides is 1. The number of para-hydroxylation sites is 1. The molecule has 0 saturated carbocycles. The molecule has 0 aliphatic rings. The molecular weight excluding hydrogens is 562 g/mol. The molecule has 11 nitrogen and oxygen atoms in total. The van der Waals surface area contributed by atoms with Crippen LogP contribution in [0.15, 0.2) is 84.9 Å². The summed E-state index contributed by atoms with van der Waals surface area (Å²) in [6, 6.07) is 22.9. The number of hydrogen-bond donors (Lipinski definition) is 6.